The summed E-state index contributed by atoms with van der Waals surface area (Å²) in [6.07, 6.45) is 0.723. The first kappa shape index (κ1) is 14.9. The van der Waals surface area contributed by atoms with Crippen LogP contribution in [0, 0.1) is 5.92 Å². The van der Waals surface area contributed by atoms with Crippen molar-refractivity contribution in [3.8, 4) is 17.2 Å². The fourth-order valence-corrected chi connectivity index (χ4v) is 3.19. The summed E-state index contributed by atoms with van der Waals surface area (Å²) < 4.78 is 16.4. The van der Waals surface area contributed by atoms with E-state index in [9.17, 15) is 4.79 Å². The molecule has 0 fully saturated rings. The van der Waals surface area contributed by atoms with Crippen molar-refractivity contribution in [2.24, 2.45) is 5.92 Å². The standard InChI is InChI=1S/C19H19NO4/c1-20(10-13-6-7-17-18(8-13)24-12-23-17)19(21)15-9-14-4-2-3-5-16(14)22-11-15/h2-8,15H,9-12H2,1H3. The number of benzene rings is 2. The van der Waals surface area contributed by atoms with Gasteiger partial charge in [0, 0.05) is 13.6 Å². The van der Waals surface area contributed by atoms with E-state index in [0.29, 0.717) is 13.2 Å². The zero-order chi connectivity index (χ0) is 16.5. The van der Waals surface area contributed by atoms with E-state index in [1.165, 1.54) is 0 Å². The van der Waals surface area contributed by atoms with Gasteiger partial charge in [0.15, 0.2) is 11.5 Å². The Morgan fingerprint density at radius 2 is 1.92 bits per heavy atom. The summed E-state index contributed by atoms with van der Waals surface area (Å²) in [5, 5.41) is 0. The number of ether oxygens (including phenoxy) is 3. The fourth-order valence-electron chi connectivity index (χ4n) is 3.19. The summed E-state index contributed by atoms with van der Waals surface area (Å²) in [6.45, 7) is 1.22. The van der Waals surface area contributed by atoms with E-state index in [1.807, 2.05) is 49.5 Å². The third-order valence-corrected chi connectivity index (χ3v) is 4.46. The Kier molecular flexibility index (Phi) is 3.76. The van der Waals surface area contributed by atoms with E-state index >= 15 is 0 Å². The molecular formula is C19H19NO4. The molecule has 0 saturated heterocycles. The number of para-hydroxylation sites is 1. The highest BCUT2D eigenvalue weighted by atomic mass is 16.7. The zero-order valence-electron chi connectivity index (χ0n) is 13.5. The number of fused-ring (bicyclic) bond motifs is 2. The summed E-state index contributed by atoms with van der Waals surface area (Å²) in [6, 6.07) is 13.7. The van der Waals surface area contributed by atoms with Gasteiger partial charge in [-0.25, -0.2) is 0 Å². The molecule has 2 heterocycles. The lowest BCUT2D eigenvalue weighted by Crippen LogP contribution is -2.38. The molecule has 24 heavy (non-hydrogen) atoms. The molecule has 0 spiro atoms. The van der Waals surface area contributed by atoms with Crippen LogP contribution >= 0.6 is 0 Å². The largest absolute Gasteiger partial charge is 0.492 e. The third kappa shape index (κ3) is 2.77. The molecule has 5 heteroatoms. The maximum Gasteiger partial charge on any atom is 0.231 e. The van der Waals surface area contributed by atoms with Gasteiger partial charge in [0.1, 0.15) is 12.4 Å². The lowest BCUT2D eigenvalue weighted by atomic mass is 9.95. The lowest BCUT2D eigenvalue weighted by molar-refractivity contribution is -0.136. The number of hydrogen-bond acceptors (Lipinski definition) is 4. The molecule has 0 aromatic heterocycles. The zero-order valence-corrected chi connectivity index (χ0v) is 13.5. The average Bonchev–Trinajstić information content (AvgIpc) is 3.08. The molecule has 5 nitrogen and oxygen atoms in total. The molecule has 2 aliphatic rings. The first-order valence-corrected chi connectivity index (χ1v) is 8.05. The van der Waals surface area contributed by atoms with Gasteiger partial charge in [-0.15, -0.1) is 0 Å². The van der Waals surface area contributed by atoms with Crippen molar-refractivity contribution in [1.82, 2.24) is 4.90 Å². The minimum absolute atomic E-state index is 0.0992. The van der Waals surface area contributed by atoms with Gasteiger partial charge in [0.05, 0.1) is 5.92 Å². The normalized spacial score (nSPS) is 17.8. The summed E-state index contributed by atoms with van der Waals surface area (Å²) >= 11 is 0. The second kappa shape index (κ2) is 6.07. The number of carbonyl (C=O) groups excluding carboxylic acids is 1. The molecule has 2 aromatic rings. The van der Waals surface area contributed by atoms with Crippen LogP contribution in [0.2, 0.25) is 0 Å². The summed E-state index contributed by atoms with van der Waals surface area (Å²) in [5.41, 5.74) is 2.12. The van der Waals surface area contributed by atoms with E-state index in [0.717, 1.165) is 34.8 Å². The van der Waals surface area contributed by atoms with Crippen LogP contribution in [0.5, 0.6) is 17.2 Å². The third-order valence-electron chi connectivity index (χ3n) is 4.46. The van der Waals surface area contributed by atoms with Gasteiger partial charge in [0.25, 0.3) is 0 Å². The van der Waals surface area contributed by atoms with Gasteiger partial charge >= 0.3 is 0 Å². The van der Waals surface area contributed by atoms with E-state index in [-0.39, 0.29) is 18.6 Å². The molecule has 0 radical (unpaired) electrons. The van der Waals surface area contributed by atoms with Crippen molar-refractivity contribution in [3.05, 3.63) is 53.6 Å². The Labute approximate surface area is 140 Å². The van der Waals surface area contributed by atoms with Crippen LogP contribution in [0.15, 0.2) is 42.5 Å². The van der Waals surface area contributed by atoms with E-state index in [4.69, 9.17) is 14.2 Å². The molecule has 0 N–H and O–H groups in total. The van der Waals surface area contributed by atoms with Crippen molar-refractivity contribution in [3.63, 3.8) is 0 Å². The maximum atomic E-state index is 12.7. The van der Waals surface area contributed by atoms with Crippen LogP contribution in [0.25, 0.3) is 0 Å². The SMILES string of the molecule is CN(Cc1ccc2c(c1)OCO2)C(=O)C1COc2ccccc2C1. The van der Waals surface area contributed by atoms with Gasteiger partial charge in [0.2, 0.25) is 12.7 Å². The monoisotopic (exact) mass is 325 g/mol. The van der Waals surface area contributed by atoms with Crippen LogP contribution in [0.3, 0.4) is 0 Å². The molecule has 0 aliphatic carbocycles. The van der Waals surface area contributed by atoms with Crippen molar-refractivity contribution in [1.29, 1.82) is 0 Å². The maximum absolute atomic E-state index is 12.7. The Morgan fingerprint density at radius 3 is 2.83 bits per heavy atom. The van der Waals surface area contributed by atoms with Crippen molar-refractivity contribution < 1.29 is 19.0 Å². The van der Waals surface area contributed by atoms with Gasteiger partial charge in [-0.3, -0.25) is 4.79 Å². The molecular weight excluding hydrogens is 306 g/mol. The van der Waals surface area contributed by atoms with Gasteiger partial charge in [-0.1, -0.05) is 24.3 Å². The molecule has 124 valence electrons. The van der Waals surface area contributed by atoms with Crippen molar-refractivity contribution in [2.45, 2.75) is 13.0 Å². The number of carbonyl (C=O) groups is 1. The Hall–Kier alpha value is -2.69. The first-order chi connectivity index (χ1) is 11.7. The van der Waals surface area contributed by atoms with Crippen LogP contribution in [-0.4, -0.2) is 31.3 Å². The highest BCUT2D eigenvalue weighted by molar-refractivity contribution is 5.79. The highest BCUT2D eigenvalue weighted by Gasteiger charge is 2.28. The predicted molar refractivity (Wildman–Crippen MR) is 88.2 cm³/mol. The fraction of sp³-hybridized carbons (Fsp3) is 0.316. The number of amides is 1. The second-order valence-corrected chi connectivity index (χ2v) is 6.20. The van der Waals surface area contributed by atoms with Crippen LogP contribution in [-0.2, 0) is 17.8 Å². The quantitative estimate of drug-likeness (QED) is 0.870. The van der Waals surface area contributed by atoms with Crippen LogP contribution < -0.4 is 14.2 Å². The lowest BCUT2D eigenvalue weighted by Gasteiger charge is -2.28. The molecule has 1 unspecified atom stereocenters. The Balaban J connectivity index is 1.43. The minimum atomic E-state index is -0.140. The Morgan fingerprint density at radius 1 is 1.08 bits per heavy atom. The molecule has 0 bridgehead atoms. The van der Waals surface area contributed by atoms with Crippen molar-refractivity contribution in [2.75, 3.05) is 20.4 Å². The number of rotatable bonds is 3. The summed E-state index contributed by atoms with van der Waals surface area (Å²) in [4.78, 5) is 14.5. The minimum Gasteiger partial charge on any atom is -0.492 e. The van der Waals surface area contributed by atoms with Gasteiger partial charge < -0.3 is 19.1 Å². The molecule has 2 aromatic carbocycles. The molecule has 1 atom stereocenters. The molecule has 4 rings (SSSR count). The molecule has 0 saturated carbocycles. The highest BCUT2D eigenvalue weighted by Crippen LogP contribution is 2.33. The summed E-state index contributed by atoms with van der Waals surface area (Å²) in [7, 11) is 1.83. The summed E-state index contributed by atoms with van der Waals surface area (Å²) in [5.74, 6) is 2.34. The average molecular weight is 325 g/mol. The van der Waals surface area contributed by atoms with E-state index < -0.39 is 0 Å². The Bertz CT molecular complexity index is 774. The second-order valence-electron chi connectivity index (χ2n) is 6.20. The van der Waals surface area contributed by atoms with Crippen molar-refractivity contribution >= 4 is 5.91 Å². The van der Waals surface area contributed by atoms with Crippen LogP contribution in [0.4, 0.5) is 0 Å². The van der Waals surface area contributed by atoms with E-state index in [1.54, 1.807) is 4.90 Å². The smallest absolute Gasteiger partial charge is 0.231 e. The topological polar surface area (TPSA) is 48.0 Å². The first-order valence-electron chi connectivity index (χ1n) is 8.05. The molecule has 2 aliphatic heterocycles. The number of nitrogens with zero attached hydrogens (tertiary/aromatic N) is 1. The number of hydrogen-bond donors (Lipinski definition) is 0. The van der Waals surface area contributed by atoms with Crippen LogP contribution in [0.1, 0.15) is 11.1 Å². The van der Waals surface area contributed by atoms with Gasteiger partial charge in [-0.2, -0.15) is 0 Å². The predicted octanol–water partition coefficient (Wildman–Crippen LogP) is 2.63. The van der Waals surface area contributed by atoms with Gasteiger partial charge in [-0.05, 0) is 35.7 Å². The molecule has 1 amide bonds. The van der Waals surface area contributed by atoms with E-state index in [2.05, 4.69) is 0 Å².